The van der Waals surface area contributed by atoms with E-state index < -0.39 is 5.91 Å². The highest BCUT2D eigenvalue weighted by atomic mass is 127. The molecule has 0 aliphatic carbocycles. The summed E-state index contributed by atoms with van der Waals surface area (Å²) in [6.07, 6.45) is 0. The van der Waals surface area contributed by atoms with Crippen molar-refractivity contribution >= 4 is 28.5 Å². The maximum absolute atomic E-state index is 10.6. The molecule has 0 heterocycles. The molecule has 1 aromatic carbocycles. The second-order valence-electron chi connectivity index (χ2n) is 2.86. The SMILES string of the molecule is COc1cc(C#N)cc(I)c1OCC(N)=O. The molecule has 5 nitrogen and oxygen atoms in total. The molecule has 84 valence electrons. The van der Waals surface area contributed by atoms with Crippen LogP contribution in [-0.4, -0.2) is 19.6 Å². The molecule has 0 bridgehead atoms. The monoisotopic (exact) mass is 332 g/mol. The van der Waals surface area contributed by atoms with Gasteiger partial charge in [-0.1, -0.05) is 0 Å². The van der Waals surface area contributed by atoms with Crippen molar-refractivity contribution in [1.29, 1.82) is 5.26 Å². The molecular weight excluding hydrogens is 323 g/mol. The lowest BCUT2D eigenvalue weighted by atomic mass is 10.2. The first-order valence-electron chi connectivity index (χ1n) is 4.27. The number of halogens is 1. The Labute approximate surface area is 106 Å². The predicted octanol–water partition coefficient (Wildman–Crippen LogP) is 1.04. The van der Waals surface area contributed by atoms with Crippen LogP contribution in [-0.2, 0) is 4.79 Å². The number of ether oxygens (including phenoxy) is 2. The quantitative estimate of drug-likeness (QED) is 0.835. The molecule has 2 N–H and O–H groups in total. The van der Waals surface area contributed by atoms with Gasteiger partial charge in [0.15, 0.2) is 18.1 Å². The number of rotatable bonds is 4. The third kappa shape index (κ3) is 3.00. The van der Waals surface area contributed by atoms with Crippen LogP contribution in [0.5, 0.6) is 11.5 Å². The van der Waals surface area contributed by atoms with Gasteiger partial charge >= 0.3 is 0 Å². The Bertz CT molecular complexity index is 454. The highest BCUT2D eigenvalue weighted by Crippen LogP contribution is 2.33. The number of carbonyl (C=O) groups is 1. The van der Waals surface area contributed by atoms with E-state index in [2.05, 4.69) is 0 Å². The predicted molar refractivity (Wildman–Crippen MR) is 65.1 cm³/mol. The lowest BCUT2D eigenvalue weighted by Crippen LogP contribution is -2.20. The number of nitrogens with zero attached hydrogens (tertiary/aromatic N) is 1. The van der Waals surface area contributed by atoms with Crippen molar-refractivity contribution in [2.24, 2.45) is 5.73 Å². The van der Waals surface area contributed by atoms with Crippen LogP contribution in [0.3, 0.4) is 0 Å². The van der Waals surface area contributed by atoms with Gasteiger partial charge in [0.05, 0.1) is 22.3 Å². The lowest BCUT2D eigenvalue weighted by molar-refractivity contribution is -0.119. The third-order valence-corrected chi connectivity index (χ3v) is 2.52. The van der Waals surface area contributed by atoms with Crippen molar-refractivity contribution in [3.63, 3.8) is 0 Å². The fourth-order valence-corrected chi connectivity index (χ4v) is 1.82. The molecule has 0 saturated heterocycles. The van der Waals surface area contributed by atoms with Crippen LogP contribution in [0, 0.1) is 14.9 Å². The number of nitriles is 1. The average molecular weight is 332 g/mol. The fourth-order valence-electron chi connectivity index (χ4n) is 1.07. The first kappa shape index (κ1) is 12.6. The number of hydrogen-bond donors (Lipinski definition) is 1. The number of nitrogens with two attached hydrogens (primary N) is 1. The topological polar surface area (TPSA) is 85.3 Å². The smallest absolute Gasteiger partial charge is 0.255 e. The molecule has 0 aliphatic rings. The molecule has 0 spiro atoms. The number of carbonyl (C=O) groups excluding carboxylic acids is 1. The Balaban J connectivity index is 3.07. The van der Waals surface area contributed by atoms with Crippen molar-refractivity contribution in [3.8, 4) is 17.6 Å². The Kier molecular flexibility index (Phi) is 4.37. The normalized spacial score (nSPS) is 9.31. The molecule has 6 heteroatoms. The van der Waals surface area contributed by atoms with Gasteiger partial charge in [0.2, 0.25) is 0 Å². The molecule has 0 atom stereocenters. The number of amides is 1. The van der Waals surface area contributed by atoms with Crippen molar-refractivity contribution in [2.75, 3.05) is 13.7 Å². The van der Waals surface area contributed by atoms with Gasteiger partial charge < -0.3 is 15.2 Å². The van der Waals surface area contributed by atoms with Gasteiger partial charge in [-0.3, -0.25) is 4.79 Å². The maximum atomic E-state index is 10.6. The number of primary amides is 1. The zero-order chi connectivity index (χ0) is 12.1. The summed E-state index contributed by atoms with van der Waals surface area (Å²) >= 11 is 2.00. The van der Waals surface area contributed by atoms with Crippen LogP contribution in [0.1, 0.15) is 5.56 Å². The van der Waals surface area contributed by atoms with Crippen LogP contribution >= 0.6 is 22.6 Å². The molecular formula is C10H9IN2O3. The standard InChI is InChI=1S/C10H9IN2O3/c1-15-8-3-6(4-12)2-7(11)10(8)16-5-9(13)14/h2-3H,5H2,1H3,(H2,13,14). The number of methoxy groups -OCH3 is 1. The Hall–Kier alpha value is -1.49. The van der Waals surface area contributed by atoms with E-state index in [0.29, 0.717) is 20.6 Å². The van der Waals surface area contributed by atoms with E-state index in [-0.39, 0.29) is 6.61 Å². The van der Waals surface area contributed by atoms with Crippen LogP contribution in [0.15, 0.2) is 12.1 Å². The molecule has 1 rings (SSSR count). The molecule has 16 heavy (non-hydrogen) atoms. The van der Waals surface area contributed by atoms with E-state index in [0.717, 1.165) is 0 Å². The minimum absolute atomic E-state index is 0.224. The van der Waals surface area contributed by atoms with Crippen molar-refractivity contribution in [2.45, 2.75) is 0 Å². The van der Waals surface area contributed by atoms with Gasteiger partial charge in [-0.15, -0.1) is 0 Å². The summed E-state index contributed by atoms with van der Waals surface area (Å²) in [6, 6.07) is 5.18. The second kappa shape index (κ2) is 5.55. The summed E-state index contributed by atoms with van der Waals surface area (Å²) in [7, 11) is 1.46. The van der Waals surface area contributed by atoms with Crippen LogP contribution in [0.25, 0.3) is 0 Å². The van der Waals surface area contributed by atoms with Gasteiger partial charge in [0.25, 0.3) is 5.91 Å². The van der Waals surface area contributed by atoms with Crippen molar-refractivity contribution in [3.05, 3.63) is 21.3 Å². The zero-order valence-electron chi connectivity index (χ0n) is 8.49. The minimum Gasteiger partial charge on any atom is -0.493 e. The van der Waals surface area contributed by atoms with Gasteiger partial charge in [-0.2, -0.15) is 5.26 Å². The molecule has 0 radical (unpaired) electrons. The summed E-state index contributed by atoms with van der Waals surface area (Å²) in [5.41, 5.74) is 5.44. The summed E-state index contributed by atoms with van der Waals surface area (Å²) < 4.78 is 11.0. The number of hydrogen-bond acceptors (Lipinski definition) is 4. The van der Waals surface area contributed by atoms with Crippen LogP contribution in [0.2, 0.25) is 0 Å². The largest absolute Gasteiger partial charge is 0.493 e. The molecule has 0 saturated carbocycles. The molecule has 0 fully saturated rings. The molecule has 0 aromatic heterocycles. The summed E-state index contributed by atoms with van der Waals surface area (Å²) in [5, 5.41) is 8.77. The van der Waals surface area contributed by atoms with Gasteiger partial charge in [-0.25, -0.2) is 0 Å². The Morgan fingerprint density at radius 2 is 2.31 bits per heavy atom. The van der Waals surface area contributed by atoms with Crippen LogP contribution < -0.4 is 15.2 Å². The van der Waals surface area contributed by atoms with E-state index in [1.807, 2.05) is 28.7 Å². The van der Waals surface area contributed by atoms with Gasteiger partial charge in [0, 0.05) is 6.07 Å². The van der Waals surface area contributed by atoms with Crippen LogP contribution in [0.4, 0.5) is 0 Å². The van der Waals surface area contributed by atoms with E-state index >= 15 is 0 Å². The zero-order valence-corrected chi connectivity index (χ0v) is 10.6. The molecule has 0 aliphatic heterocycles. The maximum Gasteiger partial charge on any atom is 0.255 e. The first-order valence-corrected chi connectivity index (χ1v) is 5.35. The summed E-state index contributed by atoms with van der Waals surface area (Å²) in [6.45, 7) is -0.224. The highest BCUT2D eigenvalue weighted by Gasteiger charge is 2.12. The van der Waals surface area contributed by atoms with E-state index in [4.69, 9.17) is 20.5 Å². The van der Waals surface area contributed by atoms with Gasteiger partial charge in [0.1, 0.15) is 0 Å². The minimum atomic E-state index is -0.567. The lowest BCUT2D eigenvalue weighted by Gasteiger charge is -2.11. The summed E-state index contributed by atoms with van der Waals surface area (Å²) in [4.78, 5) is 10.6. The molecule has 1 aromatic rings. The van der Waals surface area contributed by atoms with Crippen molar-refractivity contribution in [1.82, 2.24) is 0 Å². The Morgan fingerprint density at radius 3 is 2.81 bits per heavy atom. The number of benzene rings is 1. The fraction of sp³-hybridized carbons (Fsp3) is 0.200. The second-order valence-corrected chi connectivity index (χ2v) is 4.02. The Morgan fingerprint density at radius 1 is 1.62 bits per heavy atom. The average Bonchev–Trinajstić information content (AvgIpc) is 2.26. The van der Waals surface area contributed by atoms with E-state index in [9.17, 15) is 4.79 Å². The highest BCUT2D eigenvalue weighted by molar-refractivity contribution is 14.1. The van der Waals surface area contributed by atoms with E-state index in [1.54, 1.807) is 12.1 Å². The van der Waals surface area contributed by atoms with E-state index in [1.165, 1.54) is 7.11 Å². The molecule has 1 amide bonds. The molecule has 0 unspecified atom stereocenters. The third-order valence-electron chi connectivity index (χ3n) is 1.72. The van der Waals surface area contributed by atoms with Gasteiger partial charge in [-0.05, 0) is 28.7 Å². The van der Waals surface area contributed by atoms with Crippen molar-refractivity contribution < 1.29 is 14.3 Å². The first-order chi connectivity index (χ1) is 7.58. The summed E-state index contributed by atoms with van der Waals surface area (Å²) in [5.74, 6) is 0.257.